The van der Waals surface area contributed by atoms with Crippen LogP contribution in [0.15, 0.2) is 48.5 Å². The fraction of sp³-hybridized carbons (Fsp3) is 0.333. The fourth-order valence-corrected chi connectivity index (χ4v) is 3.36. The molecule has 0 bridgehead atoms. The Balaban J connectivity index is 1.61. The van der Waals surface area contributed by atoms with Crippen molar-refractivity contribution >= 4 is 11.9 Å². The second-order valence-electron chi connectivity index (χ2n) is 6.70. The lowest BCUT2D eigenvalue weighted by Crippen LogP contribution is -2.40. The molecule has 1 amide bonds. The summed E-state index contributed by atoms with van der Waals surface area (Å²) in [6.07, 6.45) is 2.08. The van der Waals surface area contributed by atoms with Gasteiger partial charge in [0.2, 0.25) is 5.91 Å². The second kappa shape index (κ2) is 7.51. The molecule has 1 unspecified atom stereocenters. The number of aliphatic carboxylic acids is 1. The highest BCUT2D eigenvalue weighted by Gasteiger charge is 2.31. The van der Waals surface area contributed by atoms with Crippen molar-refractivity contribution in [3.8, 4) is 0 Å². The van der Waals surface area contributed by atoms with E-state index in [-0.39, 0.29) is 12.5 Å². The van der Waals surface area contributed by atoms with Crippen molar-refractivity contribution in [3.63, 3.8) is 0 Å². The summed E-state index contributed by atoms with van der Waals surface area (Å²) in [7, 11) is 0. The molecule has 0 saturated carbocycles. The van der Waals surface area contributed by atoms with Crippen molar-refractivity contribution in [3.05, 3.63) is 70.8 Å². The molecular formula is C21H23NO3. The van der Waals surface area contributed by atoms with E-state index in [1.807, 2.05) is 24.3 Å². The van der Waals surface area contributed by atoms with Gasteiger partial charge in [0, 0.05) is 19.5 Å². The van der Waals surface area contributed by atoms with Crippen LogP contribution >= 0.6 is 0 Å². The minimum atomic E-state index is -0.871. The van der Waals surface area contributed by atoms with E-state index in [0.29, 0.717) is 13.0 Å². The standard InChI is InChI=1S/C21H23NO3/c1-15-9-11-16(12-10-15)5-4-8-20(23)22-13-17-6-2-3-7-18(17)19(14-22)21(24)25/h2-3,6-7,9-12,19H,4-5,8,13-14H2,1H3,(H,24,25). The lowest BCUT2D eigenvalue weighted by Gasteiger charge is -2.33. The third kappa shape index (κ3) is 4.08. The Morgan fingerprint density at radius 1 is 1.12 bits per heavy atom. The zero-order chi connectivity index (χ0) is 17.8. The summed E-state index contributed by atoms with van der Waals surface area (Å²) >= 11 is 0. The molecule has 0 saturated heterocycles. The Labute approximate surface area is 148 Å². The number of rotatable bonds is 5. The molecule has 1 aliphatic rings. The SMILES string of the molecule is Cc1ccc(CCCC(=O)N2Cc3ccccc3C(C(=O)O)C2)cc1. The largest absolute Gasteiger partial charge is 0.481 e. The molecule has 25 heavy (non-hydrogen) atoms. The Hall–Kier alpha value is -2.62. The van der Waals surface area contributed by atoms with E-state index in [1.165, 1.54) is 11.1 Å². The third-order valence-electron chi connectivity index (χ3n) is 4.82. The number of benzene rings is 2. The summed E-state index contributed by atoms with van der Waals surface area (Å²) < 4.78 is 0. The van der Waals surface area contributed by atoms with E-state index in [1.54, 1.807) is 4.90 Å². The fourth-order valence-electron chi connectivity index (χ4n) is 3.36. The van der Waals surface area contributed by atoms with E-state index in [4.69, 9.17) is 0 Å². The van der Waals surface area contributed by atoms with Gasteiger partial charge < -0.3 is 10.0 Å². The maximum atomic E-state index is 12.6. The summed E-state index contributed by atoms with van der Waals surface area (Å²) in [4.78, 5) is 25.8. The van der Waals surface area contributed by atoms with E-state index < -0.39 is 11.9 Å². The van der Waals surface area contributed by atoms with E-state index in [0.717, 1.165) is 24.0 Å². The Bertz CT molecular complexity index is 767. The lowest BCUT2D eigenvalue weighted by molar-refractivity contribution is -0.141. The quantitative estimate of drug-likeness (QED) is 0.908. The predicted molar refractivity (Wildman–Crippen MR) is 96.4 cm³/mol. The normalized spacial score (nSPS) is 16.4. The van der Waals surface area contributed by atoms with Crippen molar-refractivity contribution < 1.29 is 14.7 Å². The van der Waals surface area contributed by atoms with Crippen molar-refractivity contribution in [1.29, 1.82) is 0 Å². The van der Waals surface area contributed by atoms with Crippen LogP contribution < -0.4 is 0 Å². The predicted octanol–water partition coefficient (Wildman–Crippen LogP) is 3.53. The number of hydrogen-bond donors (Lipinski definition) is 1. The maximum Gasteiger partial charge on any atom is 0.312 e. The van der Waals surface area contributed by atoms with E-state index >= 15 is 0 Å². The highest BCUT2D eigenvalue weighted by molar-refractivity contribution is 5.81. The molecule has 4 heteroatoms. The zero-order valence-electron chi connectivity index (χ0n) is 14.4. The highest BCUT2D eigenvalue weighted by atomic mass is 16.4. The molecule has 1 heterocycles. The van der Waals surface area contributed by atoms with Crippen molar-refractivity contribution in [2.75, 3.05) is 6.54 Å². The van der Waals surface area contributed by atoms with Gasteiger partial charge in [-0.05, 0) is 36.5 Å². The first-order valence-electron chi connectivity index (χ1n) is 8.68. The number of hydrogen-bond acceptors (Lipinski definition) is 2. The summed E-state index contributed by atoms with van der Waals surface area (Å²) in [6, 6.07) is 15.9. The van der Waals surface area contributed by atoms with Crippen LogP contribution in [0, 0.1) is 6.92 Å². The van der Waals surface area contributed by atoms with Gasteiger partial charge >= 0.3 is 5.97 Å². The Kier molecular flexibility index (Phi) is 5.17. The average Bonchev–Trinajstić information content (AvgIpc) is 2.62. The van der Waals surface area contributed by atoms with Gasteiger partial charge in [0.05, 0.1) is 5.92 Å². The summed E-state index contributed by atoms with van der Waals surface area (Å²) in [6.45, 7) is 2.82. The van der Waals surface area contributed by atoms with Gasteiger partial charge in [-0.1, -0.05) is 54.1 Å². The molecule has 3 rings (SSSR count). The van der Waals surface area contributed by atoms with Gasteiger partial charge in [0.15, 0.2) is 0 Å². The molecule has 0 aliphatic carbocycles. The molecule has 130 valence electrons. The first-order valence-corrected chi connectivity index (χ1v) is 8.68. The van der Waals surface area contributed by atoms with Crippen molar-refractivity contribution in [2.45, 2.75) is 38.6 Å². The molecule has 0 spiro atoms. The minimum Gasteiger partial charge on any atom is -0.481 e. The van der Waals surface area contributed by atoms with Crippen LogP contribution in [0.5, 0.6) is 0 Å². The third-order valence-corrected chi connectivity index (χ3v) is 4.82. The smallest absolute Gasteiger partial charge is 0.312 e. The van der Waals surface area contributed by atoms with Crippen molar-refractivity contribution in [2.24, 2.45) is 0 Å². The summed E-state index contributed by atoms with van der Waals surface area (Å²) in [5, 5.41) is 9.49. The molecule has 1 N–H and O–H groups in total. The van der Waals surface area contributed by atoms with E-state index in [9.17, 15) is 14.7 Å². The van der Waals surface area contributed by atoms with Gasteiger partial charge in [0.25, 0.3) is 0 Å². The number of carbonyl (C=O) groups excluding carboxylic acids is 1. The van der Waals surface area contributed by atoms with E-state index in [2.05, 4.69) is 31.2 Å². The molecule has 2 aromatic rings. The van der Waals surface area contributed by atoms with Crippen LogP contribution in [0.25, 0.3) is 0 Å². The van der Waals surface area contributed by atoms with Gasteiger partial charge in [-0.25, -0.2) is 0 Å². The van der Waals surface area contributed by atoms with Crippen LogP contribution in [0.1, 0.15) is 41.0 Å². The van der Waals surface area contributed by atoms with Gasteiger partial charge in [0.1, 0.15) is 0 Å². The van der Waals surface area contributed by atoms with Gasteiger partial charge in [-0.2, -0.15) is 0 Å². The number of carboxylic acids is 1. The first kappa shape index (κ1) is 17.2. The molecule has 0 fully saturated rings. The Morgan fingerprint density at radius 3 is 2.56 bits per heavy atom. The van der Waals surface area contributed by atoms with Crippen molar-refractivity contribution in [1.82, 2.24) is 4.90 Å². The molecule has 1 aliphatic heterocycles. The minimum absolute atomic E-state index is 0.0351. The Morgan fingerprint density at radius 2 is 1.84 bits per heavy atom. The van der Waals surface area contributed by atoms with Crippen LogP contribution in [-0.4, -0.2) is 28.4 Å². The summed E-state index contributed by atoms with van der Waals surface area (Å²) in [5.74, 6) is -1.47. The van der Waals surface area contributed by atoms with Crippen LogP contribution in [0.3, 0.4) is 0 Å². The molecule has 0 radical (unpaired) electrons. The molecular weight excluding hydrogens is 314 g/mol. The number of carbonyl (C=O) groups is 2. The number of amides is 1. The lowest BCUT2D eigenvalue weighted by atomic mass is 9.89. The molecule has 1 atom stereocenters. The molecule has 4 nitrogen and oxygen atoms in total. The first-order chi connectivity index (χ1) is 12.0. The molecule has 2 aromatic carbocycles. The maximum absolute atomic E-state index is 12.6. The zero-order valence-corrected chi connectivity index (χ0v) is 14.4. The molecule has 0 aromatic heterocycles. The number of aryl methyl sites for hydroxylation is 2. The monoisotopic (exact) mass is 337 g/mol. The number of carboxylic acid groups (broad SMARTS) is 1. The summed E-state index contributed by atoms with van der Waals surface area (Å²) in [5.41, 5.74) is 4.23. The number of fused-ring (bicyclic) bond motifs is 1. The second-order valence-corrected chi connectivity index (χ2v) is 6.70. The van der Waals surface area contributed by atoms with Crippen LogP contribution in [0.2, 0.25) is 0 Å². The highest BCUT2D eigenvalue weighted by Crippen LogP contribution is 2.29. The topological polar surface area (TPSA) is 57.6 Å². The van der Waals surface area contributed by atoms with Crippen LogP contribution in [0.4, 0.5) is 0 Å². The van der Waals surface area contributed by atoms with Crippen LogP contribution in [-0.2, 0) is 22.6 Å². The van der Waals surface area contributed by atoms with Gasteiger partial charge in [-0.15, -0.1) is 0 Å². The number of nitrogens with zero attached hydrogens (tertiary/aromatic N) is 1. The average molecular weight is 337 g/mol. The van der Waals surface area contributed by atoms with Gasteiger partial charge in [-0.3, -0.25) is 9.59 Å².